The van der Waals surface area contributed by atoms with E-state index in [0.717, 1.165) is 9.34 Å². The molecule has 0 N–H and O–H groups in total. The summed E-state index contributed by atoms with van der Waals surface area (Å²) in [7, 11) is -8.49. The van der Waals surface area contributed by atoms with E-state index < -0.39 is 27.3 Å². The lowest BCUT2D eigenvalue weighted by atomic mass is 10.2. The third kappa shape index (κ3) is 3.49. The maximum atomic E-state index is 14.0. The Bertz CT molecular complexity index is 1370. The number of hydrogen-bond donors (Lipinski definition) is 0. The number of carbonyl (C=O) groups excluding carboxylic acids is 2. The van der Waals surface area contributed by atoms with Gasteiger partial charge in [-0.05, 0) is 42.8 Å². The average molecular weight is 512 g/mol. The van der Waals surface area contributed by atoms with Gasteiger partial charge in [0, 0.05) is 13.1 Å². The van der Waals surface area contributed by atoms with E-state index in [1.807, 2.05) is 0 Å². The zero-order valence-electron chi connectivity index (χ0n) is 18.1. The van der Waals surface area contributed by atoms with Crippen LogP contribution in [0, 0.1) is 0 Å². The van der Waals surface area contributed by atoms with Crippen molar-refractivity contribution < 1.29 is 36.8 Å². The van der Waals surface area contributed by atoms with Crippen molar-refractivity contribution in [2.24, 2.45) is 0 Å². The van der Waals surface area contributed by atoms with E-state index in [0.29, 0.717) is 0 Å². The minimum Gasteiger partial charge on any atom is -0.399 e. The van der Waals surface area contributed by atoms with Crippen LogP contribution in [0.3, 0.4) is 0 Å². The molecule has 35 heavy (non-hydrogen) atoms. The standard InChI is InChI=1S/C23H18N2O8P2/c26-22-16-8-1-3-10-18(16)30-34(28)24(22)14-7-15-25-23(27)17-9-2-4-11-19(17)31-35(25,29)33-21-13-6-5-12-20(21)32-34/h1-6,8-13H,7,14-15H2. The zero-order valence-corrected chi connectivity index (χ0v) is 19.9. The van der Waals surface area contributed by atoms with Crippen LogP contribution in [0.1, 0.15) is 27.1 Å². The van der Waals surface area contributed by atoms with Gasteiger partial charge in [-0.1, -0.05) is 36.4 Å². The molecule has 3 aromatic carbocycles. The van der Waals surface area contributed by atoms with Crippen LogP contribution in [0.25, 0.3) is 0 Å². The number of para-hydroxylation sites is 4. The van der Waals surface area contributed by atoms with Crippen molar-refractivity contribution in [3.63, 3.8) is 0 Å². The van der Waals surface area contributed by atoms with Gasteiger partial charge in [0.05, 0.1) is 11.1 Å². The lowest BCUT2D eigenvalue weighted by molar-refractivity contribution is 0.0795. The second-order valence-electron chi connectivity index (χ2n) is 7.95. The van der Waals surface area contributed by atoms with E-state index in [4.69, 9.17) is 18.1 Å². The van der Waals surface area contributed by atoms with Crippen LogP contribution >= 0.6 is 15.5 Å². The molecule has 3 heterocycles. The second kappa shape index (κ2) is 7.90. The van der Waals surface area contributed by atoms with Gasteiger partial charge >= 0.3 is 15.5 Å². The maximum absolute atomic E-state index is 14.0. The minimum absolute atomic E-state index is 0.0833. The first-order chi connectivity index (χ1) is 16.9. The Kier molecular flexibility index (Phi) is 4.91. The number of fused-ring (bicyclic) bond motifs is 5. The van der Waals surface area contributed by atoms with E-state index in [1.54, 1.807) is 48.5 Å². The molecule has 0 saturated carbocycles. The number of nitrogens with zero attached hydrogens (tertiary/aromatic N) is 2. The van der Waals surface area contributed by atoms with Crippen molar-refractivity contribution in [2.75, 3.05) is 13.1 Å². The van der Waals surface area contributed by atoms with Crippen molar-refractivity contribution in [1.29, 1.82) is 0 Å². The van der Waals surface area contributed by atoms with Crippen LogP contribution in [0.4, 0.5) is 0 Å². The Morgan fingerprint density at radius 2 is 0.886 bits per heavy atom. The Balaban J connectivity index is 1.47. The predicted octanol–water partition coefficient (Wildman–Crippen LogP) is 5.13. The number of carbonyl (C=O) groups is 2. The highest BCUT2D eigenvalue weighted by atomic mass is 31.2. The lowest BCUT2D eigenvalue weighted by Crippen LogP contribution is -2.39. The molecule has 2 atom stereocenters. The van der Waals surface area contributed by atoms with E-state index in [9.17, 15) is 18.7 Å². The van der Waals surface area contributed by atoms with E-state index in [-0.39, 0.29) is 53.6 Å². The summed E-state index contributed by atoms with van der Waals surface area (Å²) >= 11 is 0. The molecule has 0 saturated heterocycles. The van der Waals surface area contributed by atoms with Gasteiger partial charge in [0.25, 0.3) is 11.8 Å². The molecule has 12 heteroatoms. The molecule has 2 unspecified atom stereocenters. The van der Waals surface area contributed by atoms with Crippen LogP contribution in [0.5, 0.6) is 23.0 Å². The van der Waals surface area contributed by atoms with Crippen LogP contribution < -0.4 is 18.1 Å². The van der Waals surface area contributed by atoms with Gasteiger partial charge in [0.2, 0.25) is 0 Å². The molecule has 2 amide bonds. The highest BCUT2D eigenvalue weighted by Crippen LogP contribution is 2.61. The highest BCUT2D eigenvalue weighted by molar-refractivity contribution is 7.53. The molecule has 0 fully saturated rings. The fourth-order valence-electron chi connectivity index (χ4n) is 4.10. The zero-order chi connectivity index (χ0) is 24.2. The number of rotatable bonds is 0. The van der Waals surface area contributed by atoms with E-state index in [1.165, 1.54) is 24.3 Å². The molecular weight excluding hydrogens is 494 g/mol. The third-order valence-corrected chi connectivity index (χ3v) is 9.39. The highest BCUT2D eigenvalue weighted by Gasteiger charge is 2.50. The van der Waals surface area contributed by atoms with Gasteiger partial charge in [0.1, 0.15) is 11.5 Å². The van der Waals surface area contributed by atoms with Gasteiger partial charge < -0.3 is 18.1 Å². The normalized spacial score (nSPS) is 25.0. The molecule has 10 nitrogen and oxygen atoms in total. The number of amides is 2. The first-order valence-corrected chi connectivity index (χ1v) is 13.8. The quantitative estimate of drug-likeness (QED) is 0.381. The Morgan fingerprint density at radius 1 is 0.543 bits per heavy atom. The summed E-state index contributed by atoms with van der Waals surface area (Å²) in [4.78, 5) is 26.6. The Hall–Kier alpha value is -3.74. The first kappa shape index (κ1) is 21.8. The third-order valence-electron chi connectivity index (χ3n) is 5.74. The summed E-state index contributed by atoms with van der Waals surface area (Å²) in [5.41, 5.74) is 0.470. The SMILES string of the molecule is O=C1c2ccccc2OP2(=O)Oc3ccccc3OP3(=O)Oc4ccccc4C(=O)N3CCCN12. The summed E-state index contributed by atoms with van der Waals surface area (Å²) < 4.78 is 53.0. The molecular formula is C23H18N2O8P2. The average Bonchev–Trinajstić information content (AvgIpc) is 2.85. The summed E-state index contributed by atoms with van der Waals surface area (Å²) in [6, 6.07) is 18.9. The predicted molar refractivity (Wildman–Crippen MR) is 124 cm³/mol. The minimum atomic E-state index is -4.24. The summed E-state index contributed by atoms with van der Waals surface area (Å²) in [6.45, 7) is -0.198. The Labute approximate surface area is 200 Å². The molecule has 0 spiro atoms. The van der Waals surface area contributed by atoms with Crippen LogP contribution in [-0.4, -0.2) is 34.2 Å². The van der Waals surface area contributed by atoms with Crippen molar-refractivity contribution in [2.45, 2.75) is 6.42 Å². The molecule has 6 rings (SSSR count). The maximum Gasteiger partial charge on any atom is 0.546 e. The first-order valence-electron chi connectivity index (χ1n) is 10.8. The molecule has 178 valence electrons. The van der Waals surface area contributed by atoms with Crippen molar-refractivity contribution in [3.05, 3.63) is 83.9 Å². The smallest absolute Gasteiger partial charge is 0.399 e. The monoisotopic (exact) mass is 512 g/mol. The Morgan fingerprint density at radius 3 is 1.31 bits per heavy atom. The van der Waals surface area contributed by atoms with Crippen molar-refractivity contribution in [1.82, 2.24) is 9.34 Å². The molecule has 0 aliphatic carbocycles. The number of benzene rings is 3. The van der Waals surface area contributed by atoms with Gasteiger partial charge in [-0.15, -0.1) is 0 Å². The number of hydrogen-bond acceptors (Lipinski definition) is 8. The molecule has 3 aromatic rings. The van der Waals surface area contributed by atoms with Crippen molar-refractivity contribution in [3.8, 4) is 23.0 Å². The fourth-order valence-corrected chi connectivity index (χ4v) is 7.61. The molecule has 0 aromatic heterocycles. The van der Waals surface area contributed by atoms with E-state index >= 15 is 0 Å². The van der Waals surface area contributed by atoms with Crippen molar-refractivity contribution >= 4 is 27.3 Å². The van der Waals surface area contributed by atoms with E-state index in [2.05, 4.69) is 0 Å². The fraction of sp³-hybridized carbons (Fsp3) is 0.130. The molecule has 3 aliphatic rings. The van der Waals surface area contributed by atoms with Gasteiger partial charge in [-0.3, -0.25) is 9.59 Å². The summed E-state index contributed by atoms with van der Waals surface area (Å²) in [5.74, 6) is -0.987. The van der Waals surface area contributed by atoms with Crippen LogP contribution in [-0.2, 0) is 9.13 Å². The van der Waals surface area contributed by atoms with Gasteiger partial charge in [0.15, 0.2) is 11.5 Å². The second-order valence-corrected chi connectivity index (χ2v) is 11.5. The summed E-state index contributed by atoms with van der Waals surface area (Å²) in [5, 5.41) is 0. The van der Waals surface area contributed by atoms with Crippen LogP contribution in [0.2, 0.25) is 0 Å². The molecule has 0 radical (unpaired) electrons. The van der Waals surface area contributed by atoms with Gasteiger partial charge in [-0.2, -0.15) is 0 Å². The molecule has 0 bridgehead atoms. The topological polar surface area (TPSA) is 112 Å². The largest absolute Gasteiger partial charge is 0.546 e. The lowest BCUT2D eigenvalue weighted by Gasteiger charge is -2.35. The molecule has 3 aliphatic heterocycles. The van der Waals surface area contributed by atoms with Gasteiger partial charge in [-0.25, -0.2) is 18.5 Å². The van der Waals surface area contributed by atoms with Crippen LogP contribution in [0.15, 0.2) is 72.8 Å². The summed E-state index contributed by atoms with van der Waals surface area (Å²) in [6.07, 6.45) is 0.103.